The van der Waals surface area contributed by atoms with Crippen molar-refractivity contribution in [3.8, 4) is 0 Å². The Bertz CT molecular complexity index is 645. The largest absolute Gasteiger partial charge is 0.336 e. The Morgan fingerprint density at radius 1 is 1.26 bits per heavy atom. The molecule has 0 saturated carbocycles. The lowest BCUT2D eigenvalue weighted by molar-refractivity contribution is -0.133. The number of benzene rings is 1. The van der Waals surface area contributed by atoms with Gasteiger partial charge in [-0.3, -0.25) is 4.79 Å². The lowest BCUT2D eigenvalue weighted by Gasteiger charge is -2.29. The van der Waals surface area contributed by atoms with E-state index in [4.69, 9.17) is 0 Å². The number of carbonyl (C=O) groups is 1. The summed E-state index contributed by atoms with van der Waals surface area (Å²) in [6.07, 6.45) is 0.904. The number of sulfonamides is 1. The third-order valence-corrected chi connectivity index (χ3v) is 6.61. The van der Waals surface area contributed by atoms with Crippen molar-refractivity contribution in [2.24, 2.45) is 0 Å². The minimum atomic E-state index is -3.34. The molecule has 0 N–H and O–H groups in total. The lowest BCUT2D eigenvalue weighted by Crippen LogP contribution is -2.46. The van der Waals surface area contributed by atoms with Gasteiger partial charge in [0.2, 0.25) is 15.9 Å². The highest BCUT2D eigenvalue weighted by atomic mass is 32.2. The number of nitrogens with zero attached hydrogens (tertiary/aromatic N) is 2. The zero-order valence-electron chi connectivity index (χ0n) is 14.3. The summed E-state index contributed by atoms with van der Waals surface area (Å²) in [5, 5.41) is 0. The van der Waals surface area contributed by atoms with E-state index in [9.17, 15) is 13.2 Å². The topological polar surface area (TPSA) is 57.7 Å². The van der Waals surface area contributed by atoms with Gasteiger partial charge in [-0.05, 0) is 32.8 Å². The van der Waals surface area contributed by atoms with Crippen LogP contribution in [0.5, 0.6) is 0 Å². The molecule has 0 aromatic heterocycles. The molecule has 1 aromatic carbocycles. The lowest BCUT2D eigenvalue weighted by atomic mass is 9.92. The van der Waals surface area contributed by atoms with Gasteiger partial charge in [0.1, 0.15) is 0 Å². The zero-order chi connectivity index (χ0) is 17.2. The van der Waals surface area contributed by atoms with E-state index in [-0.39, 0.29) is 30.3 Å². The molecule has 3 atom stereocenters. The van der Waals surface area contributed by atoms with E-state index in [1.165, 1.54) is 12.6 Å². The van der Waals surface area contributed by atoms with Crippen LogP contribution in [0, 0.1) is 0 Å². The Balaban J connectivity index is 2.12. The van der Waals surface area contributed by atoms with Crippen LogP contribution in [0.4, 0.5) is 0 Å². The van der Waals surface area contributed by atoms with Crippen LogP contribution in [0.15, 0.2) is 30.3 Å². The molecule has 128 valence electrons. The Kier molecular flexibility index (Phi) is 5.47. The molecule has 23 heavy (non-hydrogen) atoms. The number of hydrogen-bond donors (Lipinski definition) is 0. The molecule has 1 fully saturated rings. The second kappa shape index (κ2) is 7.01. The fourth-order valence-electron chi connectivity index (χ4n) is 3.45. The minimum absolute atomic E-state index is 0.00846. The van der Waals surface area contributed by atoms with E-state index in [1.807, 2.05) is 36.9 Å². The highest BCUT2D eigenvalue weighted by molar-refractivity contribution is 7.89. The third-order valence-electron chi connectivity index (χ3n) is 4.80. The molecule has 1 saturated heterocycles. The fraction of sp³-hybridized carbons (Fsp3) is 0.588. The molecule has 0 spiro atoms. The molecule has 0 bridgehead atoms. The molecule has 1 heterocycles. The second-order valence-electron chi connectivity index (χ2n) is 6.30. The number of rotatable bonds is 5. The standard InChI is InChI=1S/C17H26N2O3S/c1-5-23(21,22)18(4)12-17(20)19-13(2)11-16(14(19)3)15-9-7-6-8-10-15/h6-10,13-14,16H,5,11-12H2,1-4H3/t13-,14-,16-/m1/s1. The molecule has 0 unspecified atom stereocenters. The van der Waals surface area contributed by atoms with Crippen LogP contribution >= 0.6 is 0 Å². The number of likely N-dealkylation sites (tertiary alicyclic amines) is 1. The SMILES string of the molecule is CCS(=O)(=O)N(C)CC(=O)N1[C@H](C)C[C@@H](c2ccccc2)[C@H]1C. The average Bonchev–Trinajstić information content (AvgIpc) is 2.82. The Morgan fingerprint density at radius 3 is 2.43 bits per heavy atom. The van der Waals surface area contributed by atoms with Crippen molar-refractivity contribution in [1.29, 1.82) is 0 Å². The van der Waals surface area contributed by atoms with Crippen molar-refractivity contribution >= 4 is 15.9 Å². The van der Waals surface area contributed by atoms with Crippen molar-refractivity contribution in [2.75, 3.05) is 19.3 Å². The molecule has 2 rings (SSSR count). The maximum absolute atomic E-state index is 12.6. The zero-order valence-corrected chi connectivity index (χ0v) is 15.1. The number of amides is 1. The fourth-order valence-corrected chi connectivity index (χ4v) is 4.20. The molecule has 1 aliphatic rings. The van der Waals surface area contributed by atoms with Crippen molar-refractivity contribution in [1.82, 2.24) is 9.21 Å². The van der Waals surface area contributed by atoms with Crippen molar-refractivity contribution in [2.45, 2.75) is 45.2 Å². The van der Waals surface area contributed by atoms with Gasteiger partial charge in [-0.15, -0.1) is 0 Å². The van der Waals surface area contributed by atoms with E-state index in [0.717, 1.165) is 10.7 Å². The van der Waals surface area contributed by atoms with Crippen LogP contribution in [-0.4, -0.2) is 55.0 Å². The average molecular weight is 338 g/mol. The van der Waals surface area contributed by atoms with Crippen molar-refractivity contribution in [3.63, 3.8) is 0 Å². The molecule has 1 aromatic rings. The molecule has 5 nitrogen and oxygen atoms in total. The molecule has 0 aliphatic carbocycles. The summed E-state index contributed by atoms with van der Waals surface area (Å²) in [6, 6.07) is 10.4. The first kappa shape index (κ1) is 17.9. The van der Waals surface area contributed by atoms with Crippen LogP contribution in [0.3, 0.4) is 0 Å². The van der Waals surface area contributed by atoms with Crippen molar-refractivity contribution in [3.05, 3.63) is 35.9 Å². The molecule has 1 amide bonds. The van der Waals surface area contributed by atoms with E-state index >= 15 is 0 Å². The molecular weight excluding hydrogens is 312 g/mol. The van der Waals surface area contributed by atoms with E-state index < -0.39 is 10.0 Å². The van der Waals surface area contributed by atoms with E-state index in [2.05, 4.69) is 12.1 Å². The molecule has 0 radical (unpaired) electrons. The van der Waals surface area contributed by atoms with Gasteiger partial charge < -0.3 is 4.90 Å². The van der Waals surface area contributed by atoms with Crippen LogP contribution in [-0.2, 0) is 14.8 Å². The predicted molar refractivity (Wildman–Crippen MR) is 91.7 cm³/mol. The van der Waals surface area contributed by atoms with Crippen LogP contribution in [0.25, 0.3) is 0 Å². The Hall–Kier alpha value is -1.40. The smallest absolute Gasteiger partial charge is 0.238 e. The maximum Gasteiger partial charge on any atom is 0.238 e. The van der Waals surface area contributed by atoms with Crippen molar-refractivity contribution < 1.29 is 13.2 Å². The van der Waals surface area contributed by atoms with E-state index in [0.29, 0.717) is 5.92 Å². The van der Waals surface area contributed by atoms with Gasteiger partial charge in [0.25, 0.3) is 0 Å². The molecule has 1 aliphatic heterocycles. The first-order valence-electron chi connectivity index (χ1n) is 8.08. The first-order chi connectivity index (χ1) is 10.8. The van der Waals surface area contributed by atoms with Gasteiger partial charge in [-0.25, -0.2) is 8.42 Å². The van der Waals surface area contributed by atoms with Gasteiger partial charge in [0.05, 0.1) is 12.3 Å². The first-order valence-corrected chi connectivity index (χ1v) is 9.69. The van der Waals surface area contributed by atoms with Gasteiger partial charge >= 0.3 is 0 Å². The summed E-state index contributed by atoms with van der Waals surface area (Å²) in [5.41, 5.74) is 1.23. The molecule has 6 heteroatoms. The highest BCUT2D eigenvalue weighted by Gasteiger charge is 2.40. The molecular formula is C17H26N2O3S. The van der Waals surface area contributed by atoms with E-state index in [1.54, 1.807) is 6.92 Å². The maximum atomic E-state index is 12.6. The quantitative estimate of drug-likeness (QED) is 0.826. The van der Waals surface area contributed by atoms with Crippen LogP contribution in [0.1, 0.15) is 38.7 Å². The summed E-state index contributed by atoms with van der Waals surface area (Å²) in [6.45, 7) is 5.58. The van der Waals surface area contributed by atoms with Gasteiger partial charge in [0.15, 0.2) is 0 Å². The van der Waals surface area contributed by atoms with Crippen LogP contribution < -0.4 is 0 Å². The third kappa shape index (κ3) is 3.75. The monoisotopic (exact) mass is 338 g/mol. The Labute approximate surface area is 139 Å². The summed E-state index contributed by atoms with van der Waals surface area (Å²) >= 11 is 0. The number of hydrogen-bond acceptors (Lipinski definition) is 3. The second-order valence-corrected chi connectivity index (χ2v) is 8.66. The summed E-state index contributed by atoms with van der Waals surface area (Å²) < 4.78 is 24.9. The van der Waals surface area contributed by atoms with Crippen LogP contribution in [0.2, 0.25) is 0 Å². The Morgan fingerprint density at radius 2 is 1.87 bits per heavy atom. The summed E-state index contributed by atoms with van der Waals surface area (Å²) in [7, 11) is -1.87. The number of likely N-dealkylation sites (N-methyl/N-ethyl adjacent to an activating group) is 1. The van der Waals surface area contributed by atoms with Gasteiger partial charge in [-0.1, -0.05) is 30.3 Å². The van der Waals surface area contributed by atoms with Gasteiger partial charge in [-0.2, -0.15) is 4.31 Å². The van der Waals surface area contributed by atoms with Gasteiger partial charge in [0, 0.05) is 25.0 Å². The highest BCUT2D eigenvalue weighted by Crippen LogP contribution is 2.37. The summed E-state index contributed by atoms with van der Waals surface area (Å²) in [5.74, 6) is 0.181. The minimum Gasteiger partial charge on any atom is -0.336 e. The number of carbonyl (C=O) groups excluding carboxylic acids is 1. The summed E-state index contributed by atoms with van der Waals surface area (Å²) in [4.78, 5) is 14.5. The predicted octanol–water partition coefficient (Wildman–Crippen LogP) is 2.06. The normalized spacial score (nSPS) is 25.1.